The van der Waals surface area contributed by atoms with E-state index >= 15 is 0 Å². The first kappa shape index (κ1) is 13.9. The van der Waals surface area contributed by atoms with E-state index in [0.29, 0.717) is 5.58 Å². The summed E-state index contributed by atoms with van der Waals surface area (Å²) >= 11 is 6.04. The van der Waals surface area contributed by atoms with Crippen LogP contribution in [0.5, 0.6) is 0 Å². The van der Waals surface area contributed by atoms with E-state index in [0.717, 1.165) is 27.2 Å². The van der Waals surface area contributed by atoms with E-state index in [9.17, 15) is 4.79 Å². The second-order valence-corrected chi connectivity index (χ2v) is 5.55. The molecule has 3 aromatic rings. The molecule has 0 saturated carbocycles. The zero-order valence-electron chi connectivity index (χ0n) is 11.8. The maximum atomic E-state index is 11.5. The van der Waals surface area contributed by atoms with Gasteiger partial charge in [0, 0.05) is 12.1 Å². The molecule has 1 unspecified atom stereocenters. The van der Waals surface area contributed by atoms with Crippen LogP contribution in [0.4, 0.5) is 0 Å². The molecule has 5 heteroatoms. The first-order valence-electron chi connectivity index (χ1n) is 6.58. The van der Waals surface area contributed by atoms with Crippen molar-refractivity contribution in [2.24, 2.45) is 12.8 Å². The Morgan fingerprint density at radius 2 is 1.86 bits per heavy atom. The highest BCUT2D eigenvalue weighted by Gasteiger charge is 2.13. The summed E-state index contributed by atoms with van der Waals surface area (Å²) in [5.41, 5.74) is 10.4. The van der Waals surface area contributed by atoms with Gasteiger partial charge in [0.2, 0.25) is 0 Å². The van der Waals surface area contributed by atoms with E-state index in [2.05, 4.69) is 0 Å². The topological polar surface area (TPSA) is 61.2 Å². The lowest BCUT2D eigenvalue weighted by Gasteiger charge is -2.13. The fraction of sp³-hybridized carbons (Fsp3) is 0.188. The van der Waals surface area contributed by atoms with E-state index in [1.165, 1.54) is 4.57 Å². The van der Waals surface area contributed by atoms with E-state index in [4.69, 9.17) is 21.8 Å². The molecule has 0 saturated heterocycles. The van der Waals surface area contributed by atoms with Gasteiger partial charge in [-0.25, -0.2) is 4.79 Å². The third-order valence-corrected chi connectivity index (χ3v) is 4.14. The molecule has 0 bridgehead atoms. The third kappa shape index (κ3) is 2.37. The summed E-state index contributed by atoms with van der Waals surface area (Å²) in [6.07, 6.45) is 0. The van der Waals surface area contributed by atoms with Gasteiger partial charge < -0.3 is 10.2 Å². The van der Waals surface area contributed by atoms with Crippen molar-refractivity contribution in [2.75, 3.05) is 0 Å². The van der Waals surface area contributed by atoms with E-state index < -0.39 is 0 Å². The fourth-order valence-corrected chi connectivity index (χ4v) is 2.52. The van der Waals surface area contributed by atoms with Crippen LogP contribution in [-0.4, -0.2) is 4.57 Å². The maximum absolute atomic E-state index is 11.5. The van der Waals surface area contributed by atoms with Crippen molar-refractivity contribution in [3.63, 3.8) is 0 Å². The Morgan fingerprint density at radius 1 is 1.19 bits per heavy atom. The smallest absolute Gasteiger partial charge is 0.408 e. The number of aromatic nitrogens is 1. The molecule has 0 aliphatic carbocycles. The van der Waals surface area contributed by atoms with Crippen LogP contribution < -0.4 is 11.5 Å². The Labute approximate surface area is 126 Å². The first-order valence-corrected chi connectivity index (χ1v) is 6.96. The molecular formula is C16H15ClN2O2. The van der Waals surface area contributed by atoms with Gasteiger partial charge in [-0.15, -0.1) is 0 Å². The van der Waals surface area contributed by atoms with Gasteiger partial charge >= 0.3 is 5.76 Å². The number of halogens is 1. The van der Waals surface area contributed by atoms with Gasteiger partial charge in [0.25, 0.3) is 0 Å². The Kier molecular flexibility index (Phi) is 3.35. The van der Waals surface area contributed by atoms with Crippen LogP contribution in [0.15, 0.2) is 45.6 Å². The molecule has 4 nitrogen and oxygen atoms in total. The molecule has 2 N–H and O–H groups in total. The summed E-state index contributed by atoms with van der Waals surface area (Å²) < 4.78 is 6.67. The number of oxazole rings is 1. The number of hydrogen-bond donors (Lipinski definition) is 1. The number of benzene rings is 2. The molecule has 3 rings (SSSR count). The highest BCUT2D eigenvalue weighted by Crippen LogP contribution is 2.26. The zero-order valence-corrected chi connectivity index (χ0v) is 12.5. The molecule has 0 fully saturated rings. The van der Waals surface area contributed by atoms with Gasteiger partial charge in [-0.3, -0.25) is 4.57 Å². The molecule has 21 heavy (non-hydrogen) atoms. The first-order chi connectivity index (χ1) is 9.97. The summed E-state index contributed by atoms with van der Waals surface area (Å²) in [7, 11) is 1.68. The Bertz CT molecular complexity index is 880. The molecule has 0 radical (unpaired) electrons. The highest BCUT2D eigenvalue weighted by atomic mass is 35.5. The van der Waals surface area contributed by atoms with Crippen molar-refractivity contribution < 1.29 is 4.42 Å². The van der Waals surface area contributed by atoms with Gasteiger partial charge in [0.1, 0.15) is 0 Å². The highest BCUT2D eigenvalue weighted by molar-refractivity contribution is 6.31. The van der Waals surface area contributed by atoms with E-state index in [1.807, 2.05) is 43.3 Å². The van der Waals surface area contributed by atoms with Crippen LogP contribution >= 0.6 is 11.6 Å². The molecule has 0 spiro atoms. The SMILES string of the molecule is Cc1cc(C(N)c2ccc3c(c2)oc(=O)n3C)ccc1Cl. The molecule has 108 valence electrons. The monoisotopic (exact) mass is 302 g/mol. The van der Waals surface area contributed by atoms with Crippen LogP contribution in [0.25, 0.3) is 11.1 Å². The minimum Gasteiger partial charge on any atom is -0.408 e. The fourth-order valence-electron chi connectivity index (χ4n) is 2.40. The number of hydrogen-bond acceptors (Lipinski definition) is 3. The van der Waals surface area contributed by atoms with E-state index in [1.54, 1.807) is 7.05 Å². The van der Waals surface area contributed by atoms with Crippen LogP contribution in [0.2, 0.25) is 5.02 Å². The van der Waals surface area contributed by atoms with Crippen molar-refractivity contribution in [2.45, 2.75) is 13.0 Å². The maximum Gasteiger partial charge on any atom is 0.419 e. The van der Waals surface area contributed by atoms with Crippen molar-refractivity contribution in [3.05, 3.63) is 68.7 Å². The van der Waals surface area contributed by atoms with Crippen LogP contribution in [0.1, 0.15) is 22.7 Å². The van der Waals surface area contributed by atoms with E-state index in [-0.39, 0.29) is 11.8 Å². The van der Waals surface area contributed by atoms with Crippen molar-refractivity contribution in [3.8, 4) is 0 Å². The van der Waals surface area contributed by atoms with Gasteiger partial charge in [-0.2, -0.15) is 0 Å². The van der Waals surface area contributed by atoms with Crippen molar-refractivity contribution >= 4 is 22.7 Å². The standard InChI is InChI=1S/C16H15ClN2O2/c1-9-7-10(3-5-12(9)17)15(18)11-4-6-13-14(8-11)21-16(20)19(13)2/h3-8,15H,18H2,1-2H3. The molecule has 1 atom stereocenters. The lowest BCUT2D eigenvalue weighted by atomic mass is 9.98. The summed E-state index contributed by atoms with van der Waals surface area (Å²) in [6, 6.07) is 11.0. The predicted molar refractivity (Wildman–Crippen MR) is 83.7 cm³/mol. The molecular weight excluding hydrogens is 288 g/mol. The third-order valence-electron chi connectivity index (χ3n) is 3.72. The average Bonchev–Trinajstić information content (AvgIpc) is 2.76. The molecule has 1 heterocycles. The summed E-state index contributed by atoms with van der Waals surface area (Å²) in [4.78, 5) is 11.5. The zero-order chi connectivity index (χ0) is 15.1. The number of nitrogens with two attached hydrogens (primary N) is 1. The Balaban J connectivity index is 2.06. The molecule has 2 aromatic carbocycles. The second kappa shape index (κ2) is 5.06. The van der Waals surface area contributed by atoms with Crippen molar-refractivity contribution in [1.29, 1.82) is 0 Å². The van der Waals surface area contributed by atoms with Gasteiger partial charge in [0.15, 0.2) is 5.58 Å². The largest absolute Gasteiger partial charge is 0.419 e. The molecule has 0 aliphatic rings. The predicted octanol–water partition coefficient (Wildman–Crippen LogP) is 3.14. The summed E-state index contributed by atoms with van der Waals surface area (Å²) in [5, 5.41) is 0.718. The summed E-state index contributed by atoms with van der Waals surface area (Å²) in [5.74, 6) is -0.377. The summed E-state index contributed by atoms with van der Waals surface area (Å²) in [6.45, 7) is 1.94. The Morgan fingerprint density at radius 3 is 2.57 bits per heavy atom. The van der Waals surface area contributed by atoms with Crippen LogP contribution in [-0.2, 0) is 7.05 Å². The van der Waals surface area contributed by atoms with Gasteiger partial charge in [-0.05, 0) is 41.8 Å². The average molecular weight is 303 g/mol. The lowest BCUT2D eigenvalue weighted by Crippen LogP contribution is -2.12. The van der Waals surface area contributed by atoms with Gasteiger partial charge in [-0.1, -0.05) is 29.8 Å². The number of rotatable bonds is 2. The molecule has 1 aromatic heterocycles. The quantitative estimate of drug-likeness (QED) is 0.791. The van der Waals surface area contributed by atoms with Crippen molar-refractivity contribution in [1.82, 2.24) is 4.57 Å². The molecule has 0 amide bonds. The number of aryl methyl sites for hydroxylation is 2. The van der Waals surface area contributed by atoms with Crippen LogP contribution in [0.3, 0.4) is 0 Å². The molecule has 0 aliphatic heterocycles. The number of fused-ring (bicyclic) bond motifs is 1. The number of nitrogens with zero attached hydrogens (tertiary/aromatic N) is 1. The van der Waals surface area contributed by atoms with Gasteiger partial charge in [0.05, 0.1) is 11.6 Å². The second-order valence-electron chi connectivity index (χ2n) is 5.14. The minimum absolute atomic E-state index is 0.295. The van der Waals surface area contributed by atoms with Crippen LogP contribution in [0, 0.1) is 6.92 Å². The normalized spacial score (nSPS) is 12.8. The Hall–Kier alpha value is -2.04. The minimum atomic E-state index is -0.377. The lowest BCUT2D eigenvalue weighted by molar-refractivity contribution is 0.527.